The van der Waals surface area contributed by atoms with Crippen molar-refractivity contribution in [3.05, 3.63) is 138 Å². The molecular weight excluding hydrogens is 438 g/mol. The molecule has 0 spiro atoms. The van der Waals surface area contributed by atoms with E-state index in [1.165, 1.54) is 33.3 Å². The molecule has 172 valence electrons. The van der Waals surface area contributed by atoms with Gasteiger partial charge in [0.2, 0.25) is 0 Å². The smallest absolute Gasteiger partial charge is 0.0709 e. The molecule has 7 rings (SSSR count). The van der Waals surface area contributed by atoms with Gasteiger partial charge in [0.15, 0.2) is 0 Å². The molecule has 1 N–H and O–H groups in total. The SMILES string of the molecule is CN1C=C(c2ccc3ccccc3n2)[C@@H](c2c(-c3ccccc3)[nH]c3ccccc23)c2ccccc21. The zero-order chi connectivity index (χ0) is 24.1. The molecule has 0 unspecified atom stereocenters. The Morgan fingerprint density at radius 2 is 1.47 bits per heavy atom. The van der Waals surface area contributed by atoms with Crippen molar-refractivity contribution in [1.82, 2.24) is 9.97 Å². The van der Waals surface area contributed by atoms with Crippen LogP contribution in [0, 0.1) is 0 Å². The summed E-state index contributed by atoms with van der Waals surface area (Å²) in [6.45, 7) is 0. The minimum Gasteiger partial charge on any atom is -0.354 e. The van der Waals surface area contributed by atoms with Crippen molar-refractivity contribution in [3.63, 3.8) is 0 Å². The lowest BCUT2D eigenvalue weighted by Crippen LogP contribution is -2.21. The molecule has 0 saturated heterocycles. The fourth-order valence-corrected chi connectivity index (χ4v) is 5.62. The number of hydrogen-bond acceptors (Lipinski definition) is 2. The van der Waals surface area contributed by atoms with Gasteiger partial charge >= 0.3 is 0 Å². The average molecular weight is 464 g/mol. The Morgan fingerprint density at radius 3 is 2.39 bits per heavy atom. The summed E-state index contributed by atoms with van der Waals surface area (Å²) in [6, 6.07) is 40.7. The van der Waals surface area contributed by atoms with Crippen LogP contribution in [0.15, 0.2) is 121 Å². The predicted octanol–water partition coefficient (Wildman–Crippen LogP) is 8.01. The Bertz CT molecular complexity index is 1760. The van der Waals surface area contributed by atoms with Gasteiger partial charge in [0, 0.05) is 46.7 Å². The first-order chi connectivity index (χ1) is 17.8. The predicted molar refractivity (Wildman–Crippen MR) is 150 cm³/mol. The fraction of sp³-hybridized carbons (Fsp3) is 0.0606. The van der Waals surface area contributed by atoms with Crippen LogP contribution in [0.4, 0.5) is 5.69 Å². The normalized spacial score (nSPS) is 15.2. The molecule has 4 aromatic carbocycles. The molecule has 0 saturated carbocycles. The van der Waals surface area contributed by atoms with Gasteiger partial charge in [-0.15, -0.1) is 0 Å². The molecule has 0 amide bonds. The monoisotopic (exact) mass is 463 g/mol. The number of benzene rings is 4. The Morgan fingerprint density at radius 1 is 0.722 bits per heavy atom. The molecule has 1 aliphatic rings. The molecule has 0 radical (unpaired) electrons. The minimum absolute atomic E-state index is 0.0254. The number of aromatic nitrogens is 2. The number of fused-ring (bicyclic) bond motifs is 3. The van der Waals surface area contributed by atoms with E-state index in [1.54, 1.807) is 0 Å². The van der Waals surface area contributed by atoms with E-state index in [2.05, 4.69) is 138 Å². The highest BCUT2D eigenvalue weighted by Crippen LogP contribution is 2.50. The second kappa shape index (κ2) is 8.24. The van der Waals surface area contributed by atoms with Crippen LogP contribution in [0.25, 0.3) is 38.6 Å². The maximum absolute atomic E-state index is 5.14. The van der Waals surface area contributed by atoms with Gasteiger partial charge < -0.3 is 9.88 Å². The molecule has 6 aromatic rings. The van der Waals surface area contributed by atoms with Gasteiger partial charge in [-0.3, -0.25) is 0 Å². The van der Waals surface area contributed by atoms with E-state index in [0.29, 0.717) is 0 Å². The van der Waals surface area contributed by atoms with Crippen LogP contribution in [0.5, 0.6) is 0 Å². The second-order valence-corrected chi connectivity index (χ2v) is 9.40. The van der Waals surface area contributed by atoms with Crippen molar-refractivity contribution in [2.24, 2.45) is 0 Å². The Balaban J connectivity index is 1.54. The van der Waals surface area contributed by atoms with Gasteiger partial charge in [0.1, 0.15) is 0 Å². The van der Waals surface area contributed by atoms with Crippen LogP contribution in [-0.4, -0.2) is 17.0 Å². The first-order valence-electron chi connectivity index (χ1n) is 12.3. The first kappa shape index (κ1) is 20.7. The van der Waals surface area contributed by atoms with Crippen molar-refractivity contribution in [2.75, 3.05) is 11.9 Å². The maximum Gasteiger partial charge on any atom is 0.0709 e. The summed E-state index contributed by atoms with van der Waals surface area (Å²) in [5.74, 6) is 0.0254. The van der Waals surface area contributed by atoms with Crippen LogP contribution >= 0.6 is 0 Å². The third-order valence-corrected chi connectivity index (χ3v) is 7.26. The van der Waals surface area contributed by atoms with Gasteiger partial charge in [-0.2, -0.15) is 0 Å². The third kappa shape index (κ3) is 3.24. The number of allylic oxidation sites excluding steroid dienone is 1. The summed E-state index contributed by atoms with van der Waals surface area (Å²) in [5, 5.41) is 2.40. The molecule has 0 aliphatic carbocycles. The number of aromatic amines is 1. The van der Waals surface area contributed by atoms with Crippen LogP contribution in [0.1, 0.15) is 22.7 Å². The number of pyridine rings is 1. The van der Waals surface area contributed by atoms with Crippen molar-refractivity contribution >= 4 is 33.1 Å². The lowest BCUT2D eigenvalue weighted by molar-refractivity contribution is 0.985. The van der Waals surface area contributed by atoms with Crippen LogP contribution in [0.2, 0.25) is 0 Å². The van der Waals surface area contributed by atoms with Crippen molar-refractivity contribution in [1.29, 1.82) is 0 Å². The van der Waals surface area contributed by atoms with Gasteiger partial charge in [-0.1, -0.05) is 91.0 Å². The summed E-state index contributed by atoms with van der Waals surface area (Å²) in [6.07, 6.45) is 2.26. The van der Waals surface area contributed by atoms with Crippen LogP contribution in [-0.2, 0) is 0 Å². The summed E-state index contributed by atoms with van der Waals surface area (Å²) in [7, 11) is 2.13. The number of hydrogen-bond donors (Lipinski definition) is 1. The summed E-state index contributed by atoms with van der Waals surface area (Å²) in [5.41, 5.74) is 10.5. The number of para-hydroxylation sites is 3. The van der Waals surface area contributed by atoms with Gasteiger partial charge in [0.25, 0.3) is 0 Å². The van der Waals surface area contributed by atoms with Gasteiger partial charge in [-0.05, 0) is 41.0 Å². The lowest BCUT2D eigenvalue weighted by Gasteiger charge is -2.33. The molecule has 2 aromatic heterocycles. The topological polar surface area (TPSA) is 31.9 Å². The summed E-state index contributed by atoms with van der Waals surface area (Å²) in [4.78, 5) is 11.1. The number of H-pyrrole nitrogens is 1. The second-order valence-electron chi connectivity index (χ2n) is 9.40. The first-order valence-corrected chi connectivity index (χ1v) is 12.3. The van der Waals surface area contributed by atoms with Crippen LogP contribution < -0.4 is 4.90 Å². The summed E-state index contributed by atoms with van der Waals surface area (Å²) < 4.78 is 0. The number of nitrogens with one attached hydrogen (secondary N) is 1. The quantitative estimate of drug-likeness (QED) is 0.288. The standard InChI is InChI=1S/C33H25N3/c1-36-21-26(29-20-19-22-11-5-8-16-27(22)34-29)31(25-15-7-10-18-30(25)36)32-24-14-6-9-17-28(24)35-33(32)23-12-3-2-4-13-23/h2-21,31,35H,1H3/t31-/m0/s1. The van der Waals surface area contributed by atoms with Crippen molar-refractivity contribution < 1.29 is 0 Å². The minimum atomic E-state index is 0.0254. The van der Waals surface area contributed by atoms with E-state index in [4.69, 9.17) is 4.98 Å². The van der Waals surface area contributed by atoms with E-state index in [1.807, 2.05) is 0 Å². The molecular formula is C33H25N3. The molecule has 1 aliphatic heterocycles. The maximum atomic E-state index is 5.14. The third-order valence-electron chi connectivity index (χ3n) is 7.26. The fourth-order valence-electron chi connectivity index (χ4n) is 5.62. The Labute approximate surface area is 210 Å². The van der Waals surface area contributed by atoms with Crippen molar-refractivity contribution in [3.8, 4) is 11.3 Å². The Kier molecular flexibility index (Phi) is 4.74. The highest BCUT2D eigenvalue weighted by atomic mass is 15.1. The zero-order valence-corrected chi connectivity index (χ0v) is 20.0. The molecule has 3 heterocycles. The number of nitrogens with zero attached hydrogens (tertiary/aromatic N) is 2. The zero-order valence-electron chi connectivity index (χ0n) is 20.0. The highest BCUT2D eigenvalue weighted by Gasteiger charge is 2.33. The van der Waals surface area contributed by atoms with E-state index < -0.39 is 0 Å². The van der Waals surface area contributed by atoms with E-state index in [0.717, 1.165) is 27.8 Å². The Hall–Kier alpha value is -4.63. The average Bonchev–Trinajstić information content (AvgIpc) is 3.32. The molecule has 3 nitrogen and oxygen atoms in total. The van der Waals surface area contributed by atoms with Gasteiger partial charge in [-0.25, -0.2) is 4.98 Å². The highest BCUT2D eigenvalue weighted by molar-refractivity contribution is 5.97. The molecule has 36 heavy (non-hydrogen) atoms. The molecule has 0 bridgehead atoms. The molecule has 3 heteroatoms. The van der Waals surface area contributed by atoms with E-state index in [9.17, 15) is 0 Å². The molecule has 0 fully saturated rings. The van der Waals surface area contributed by atoms with Gasteiger partial charge in [0.05, 0.1) is 16.9 Å². The molecule has 1 atom stereocenters. The summed E-state index contributed by atoms with van der Waals surface area (Å²) >= 11 is 0. The van der Waals surface area contributed by atoms with Crippen LogP contribution in [0.3, 0.4) is 0 Å². The lowest BCUT2D eigenvalue weighted by atomic mass is 9.78. The number of anilines is 1. The van der Waals surface area contributed by atoms with E-state index in [-0.39, 0.29) is 5.92 Å². The largest absolute Gasteiger partial charge is 0.354 e. The van der Waals surface area contributed by atoms with Crippen molar-refractivity contribution in [2.45, 2.75) is 5.92 Å². The van der Waals surface area contributed by atoms with E-state index >= 15 is 0 Å². The number of rotatable bonds is 3.